The summed E-state index contributed by atoms with van der Waals surface area (Å²) in [7, 11) is 1.15. The highest BCUT2D eigenvalue weighted by Crippen LogP contribution is 2.23. The molecule has 1 aromatic rings. The van der Waals surface area contributed by atoms with Crippen LogP contribution < -0.4 is 0 Å². The van der Waals surface area contributed by atoms with E-state index >= 15 is 0 Å². The Kier molecular flexibility index (Phi) is 6.69. The monoisotopic (exact) mass is 302 g/mol. The van der Waals surface area contributed by atoms with Crippen molar-refractivity contribution in [2.24, 2.45) is 0 Å². The number of aliphatic hydroxyl groups is 6. The van der Waals surface area contributed by atoms with Gasteiger partial charge in [0.15, 0.2) is 5.79 Å². The largest absolute Gasteiger partial charge is 0.394 e. The second-order valence-corrected chi connectivity index (χ2v) is 4.89. The molecule has 6 N–H and O–H groups in total. The van der Waals surface area contributed by atoms with Gasteiger partial charge in [-0.1, -0.05) is 30.3 Å². The first-order chi connectivity index (χ1) is 9.85. The number of hydrogen-bond donors (Lipinski definition) is 6. The summed E-state index contributed by atoms with van der Waals surface area (Å²) in [5, 5.41) is 57.8. The van der Waals surface area contributed by atoms with Crippen LogP contribution in [0.4, 0.5) is 0 Å². The second-order valence-electron chi connectivity index (χ2n) is 4.89. The van der Waals surface area contributed by atoms with Crippen LogP contribution in [0.25, 0.3) is 0 Å². The molecule has 0 aromatic heterocycles. The van der Waals surface area contributed by atoms with E-state index in [2.05, 4.69) is 0 Å². The van der Waals surface area contributed by atoms with Gasteiger partial charge in [0.25, 0.3) is 0 Å². The summed E-state index contributed by atoms with van der Waals surface area (Å²) in [6, 6.07) is 8.64. The Morgan fingerprint density at radius 3 is 2.10 bits per heavy atom. The van der Waals surface area contributed by atoms with Crippen molar-refractivity contribution < 1.29 is 35.4 Å². The van der Waals surface area contributed by atoms with Crippen LogP contribution in [0.2, 0.25) is 0 Å². The van der Waals surface area contributed by atoms with E-state index in [1.54, 1.807) is 30.3 Å². The molecule has 0 fully saturated rings. The van der Waals surface area contributed by atoms with Crippen molar-refractivity contribution in [3.8, 4) is 0 Å². The van der Waals surface area contributed by atoms with Crippen LogP contribution in [-0.2, 0) is 11.2 Å². The molecule has 0 saturated heterocycles. The van der Waals surface area contributed by atoms with Gasteiger partial charge in [-0.2, -0.15) is 0 Å². The summed E-state index contributed by atoms with van der Waals surface area (Å²) in [4.78, 5) is 0. The van der Waals surface area contributed by atoms with Crippen molar-refractivity contribution >= 4 is 0 Å². The molecular weight excluding hydrogens is 280 g/mol. The van der Waals surface area contributed by atoms with Gasteiger partial charge in [0.2, 0.25) is 0 Å². The third-order valence-corrected chi connectivity index (χ3v) is 3.37. The van der Waals surface area contributed by atoms with E-state index in [1.807, 2.05) is 0 Å². The van der Waals surface area contributed by atoms with Gasteiger partial charge in [-0.25, -0.2) is 0 Å². The van der Waals surface area contributed by atoms with Gasteiger partial charge in [0, 0.05) is 13.5 Å². The molecule has 5 unspecified atom stereocenters. The minimum absolute atomic E-state index is 0.134. The number of rotatable bonds is 8. The van der Waals surface area contributed by atoms with Crippen LogP contribution in [0.1, 0.15) is 5.56 Å². The predicted molar refractivity (Wildman–Crippen MR) is 73.2 cm³/mol. The lowest BCUT2D eigenvalue weighted by molar-refractivity contribution is -0.274. The Morgan fingerprint density at radius 2 is 1.62 bits per heavy atom. The second kappa shape index (κ2) is 7.81. The van der Waals surface area contributed by atoms with Gasteiger partial charge in [0.05, 0.1) is 6.61 Å². The van der Waals surface area contributed by atoms with Gasteiger partial charge < -0.3 is 35.4 Å². The average Bonchev–Trinajstić information content (AvgIpc) is 2.52. The molecule has 120 valence electrons. The minimum atomic E-state index is -2.16. The van der Waals surface area contributed by atoms with Crippen molar-refractivity contribution in [3.63, 3.8) is 0 Å². The first-order valence-corrected chi connectivity index (χ1v) is 6.50. The zero-order valence-electron chi connectivity index (χ0n) is 11.7. The summed E-state index contributed by atoms with van der Waals surface area (Å²) in [6.07, 6.45) is -7.40. The highest BCUT2D eigenvalue weighted by atomic mass is 16.6. The maximum Gasteiger partial charge on any atom is 0.198 e. The van der Waals surface area contributed by atoms with E-state index < -0.39 is 36.8 Å². The molecule has 0 aliphatic heterocycles. The Labute approximate surface area is 122 Å². The van der Waals surface area contributed by atoms with Crippen LogP contribution in [0.3, 0.4) is 0 Å². The van der Waals surface area contributed by atoms with Crippen LogP contribution >= 0.6 is 0 Å². The van der Waals surface area contributed by atoms with Crippen molar-refractivity contribution in [3.05, 3.63) is 35.9 Å². The smallest absolute Gasteiger partial charge is 0.198 e. The quantitative estimate of drug-likeness (QED) is 0.306. The van der Waals surface area contributed by atoms with Gasteiger partial charge >= 0.3 is 0 Å². The van der Waals surface area contributed by atoms with E-state index in [9.17, 15) is 25.5 Å². The minimum Gasteiger partial charge on any atom is -0.394 e. The molecule has 7 heteroatoms. The molecule has 0 saturated carbocycles. The predicted octanol–water partition coefficient (Wildman–Crippen LogP) is -2.00. The number of benzene rings is 1. The standard InChI is InChI=1S/C14H22O7/c1-21-14(20,7-9-5-3-2-4-6-9)13(19)12(18)11(17)10(16)8-15/h2-6,10-13,15-20H,7-8H2,1H3. The SMILES string of the molecule is COC(O)(Cc1ccccc1)C(O)C(O)C(O)C(O)CO. The topological polar surface area (TPSA) is 131 Å². The van der Waals surface area contributed by atoms with Crippen molar-refractivity contribution in [1.29, 1.82) is 0 Å². The van der Waals surface area contributed by atoms with Crippen LogP contribution in [0, 0.1) is 0 Å². The van der Waals surface area contributed by atoms with E-state index in [-0.39, 0.29) is 6.42 Å². The number of methoxy groups -OCH3 is 1. The summed E-state index contributed by atoms with van der Waals surface area (Å²) in [6.45, 7) is -0.797. The van der Waals surface area contributed by atoms with E-state index in [0.717, 1.165) is 7.11 Å². The summed E-state index contributed by atoms with van der Waals surface area (Å²) in [5.74, 6) is -2.16. The Morgan fingerprint density at radius 1 is 1.05 bits per heavy atom. The van der Waals surface area contributed by atoms with Crippen LogP contribution in [0.15, 0.2) is 30.3 Å². The first kappa shape index (κ1) is 18.0. The molecule has 1 rings (SSSR count). The van der Waals surface area contributed by atoms with Gasteiger partial charge in [-0.05, 0) is 5.56 Å². The molecule has 0 heterocycles. The van der Waals surface area contributed by atoms with Gasteiger partial charge in [-0.3, -0.25) is 0 Å². The number of aliphatic hydroxyl groups excluding tert-OH is 5. The zero-order chi connectivity index (χ0) is 16.0. The zero-order valence-corrected chi connectivity index (χ0v) is 11.7. The summed E-state index contributed by atoms with van der Waals surface area (Å²) in [5.41, 5.74) is 0.644. The third kappa shape index (κ3) is 4.45. The molecule has 0 bridgehead atoms. The molecule has 7 nitrogen and oxygen atoms in total. The fraction of sp³-hybridized carbons (Fsp3) is 0.571. The lowest BCUT2D eigenvalue weighted by Crippen LogP contribution is -2.57. The number of hydrogen-bond acceptors (Lipinski definition) is 7. The number of ether oxygens (including phenoxy) is 1. The summed E-state index contributed by atoms with van der Waals surface area (Å²) < 4.78 is 4.88. The Hall–Kier alpha value is -1.06. The molecule has 0 radical (unpaired) electrons. The first-order valence-electron chi connectivity index (χ1n) is 6.50. The highest BCUT2D eigenvalue weighted by Gasteiger charge is 2.44. The third-order valence-electron chi connectivity index (χ3n) is 3.37. The Bertz CT molecular complexity index is 413. The Balaban J connectivity index is 2.86. The normalized spacial score (nSPS) is 20.3. The van der Waals surface area contributed by atoms with Crippen LogP contribution in [0.5, 0.6) is 0 Å². The van der Waals surface area contributed by atoms with Crippen molar-refractivity contribution in [2.75, 3.05) is 13.7 Å². The maximum atomic E-state index is 10.3. The highest BCUT2D eigenvalue weighted by molar-refractivity contribution is 5.17. The maximum absolute atomic E-state index is 10.3. The van der Waals surface area contributed by atoms with Crippen molar-refractivity contribution in [2.45, 2.75) is 36.6 Å². The molecule has 0 aliphatic carbocycles. The average molecular weight is 302 g/mol. The molecule has 5 atom stereocenters. The summed E-state index contributed by atoms with van der Waals surface area (Å²) >= 11 is 0. The van der Waals surface area contributed by atoms with E-state index in [1.165, 1.54) is 0 Å². The molecular formula is C14H22O7. The van der Waals surface area contributed by atoms with Crippen LogP contribution in [-0.4, -0.2) is 74.6 Å². The molecule has 1 aromatic carbocycles. The molecule has 0 spiro atoms. The fourth-order valence-electron chi connectivity index (χ4n) is 1.98. The van der Waals surface area contributed by atoms with Gasteiger partial charge in [0.1, 0.15) is 24.4 Å². The van der Waals surface area contributed by atoms with Crippen molar-refractivity contribution in [1.82, 2.24) is 0 Å². The lowest BCUT2D eigenvalue weighted by Gasteiger charge is -2.36. The van der Waals surface area contributed by atoms with E-state index in [0.29, 0.717) is 5.56 Å². The van der Waals surface area contributed by atoms with E-state index in [4.69, 9.17) is 9.84 Å². The fourth-order valence-corrected chi connectivity index (χ4v) is 1.98. The molecule has 0 amide bonds. The lowest BCUT2D eigenvalue weighted by atomic mass is 9.92. The van der Waals surface area contributed by atoms with Gasteiger partial charge in [-0.15, -0.1) is 0 Å². The molecule has 0 aliphatic rings. The molecule has 21 heavy (non-hydrogen) atoms.